The van der Waals surface area contributed by atoms with E-state index in [4.69, 9.17) is 27.6 Å². The predicted octanol–water partition coefficient (Wildman–Crippen LogP) is 6.55. The van der Waals surface area contributed by atoms with E-state index >= 15 is 0 Å². The van der Waals surface area contributed by atoms with Gasteiger partial charge in [-0.15, -0.1) is 0 Å². The molecular weight excluding hydrogens is 295 g/mol. The van der Waals surface area contributed by atoms with Crippen LogP contribution in [0.3, 0.4) is 0 Å². The fourth-order valence-corrected chi connectivity index (χ4v) is 8.88. The predicted molar refractivity (Wildman–Crippen MR) is 88.1 cm³/mol. The molecule has 1 aromatic rings. The minimum Gasteiger partial charge on any atom is -0.542 e. The monoisotopic (exact) mass is 318 g/mol. The molecule has 0 saturated heterocycles. The molecule has 0 spiro atoms. The minimum atomic E-state index is -1.94. The van der Waals surface area contributed by atoms with Gasteiger partial charge in [-0.3, -0.25) is 0 Å². The van der Waals surface area contributed by atoms with Gasteiger partial charge in [0.1, 0.15) is 5.75 Å². The smallest absolute Gasteiger partial charge is 0.258 e. The van der Waals surface area contributed by atoms with Crippen LogP contribution in [0.1, 0.15) is 41.5 Å². The van der Waals surface area contributed by atoms with Gasteiger partial charge in [-0.2, -0.15) is 0 Å². The third kappa shape index (κ3) is 3.47. The van der Waals surface area contributed by atoms with E-state index in [0.29, 0.717) is 26.7 Å². The van der Waals surface area contributed by atoms with Crippen molar-refractivity contribution in [2.24, 2.45) is 0 Å². The SMILES string of the molecule is CC(C)[Si](Oc1ccc(Cl)cc1Cl)(C(C)C)C(C)C. The molecule has 0 saturated carbocycles. The molecule has 0 aliphatic heterocycles. The maximum atomic E-state index is 6.52. The van der Waals surface area contributed by atoms with Crippen LogP contribution in [0.5, 0.6) is 5.75 Å². The van der Waals surface area contributed by atoms with Crippen LogP contribution in [0.4, 0.5) is 0 Å². The second kappa shape index (κ2) is 6.51. The van der Waals surface area contributed by atoms with Gasteiger partial charge in [0.2, 0.25) is 0 Å². The summed E-state index contributed by atoms with van der Waals surface area (Å²) >= 11 is 12.2. The fourth-order valence-electron chi connectivity index (χ4n) is 3.10. The maximum Gasteiger partial charge on any atom is 0.258 e. The van der Waals surface area contributed by atoms with Gasteiger partial charge < -0.3 is 4.43 Å². The van der Waals surface area contributed by atoms with Gasteiger partial charge in [0, 0.05) is 5.02 Å². The third-order valence-electron chi connectivity index (χ3n) is 3.89. The lowest BCUT2D eigenvalue weighted by atomic mass is 10.3. The quantitative estimate of drug-likeness (QED) is 0.559. The zero-order valence-electron chi connectivity index (χ0n) is 12.6. The summed E-state index contributed by atoms with van der Waals surface area (Å²) in [6.07, 6.45) is 0. The van der Waals surface area contributed by atoms with Crippen molar-refractivity contribution >= 4 is 31.5 Å². The molecule has 0 aliphatic carbocycles. The summed E-state index contributed by atoms with van der Waals surface area (Å²) in [4.78, 5) is 0. The highest BCUT2D eigenvalue weighted by Crippen LogP contribution is 2.44. The van der Waals surface area contributed by atoms with Gasteiger partial charge in [-0.25, -0.2) is 0 Å². The summed E-state index contributed by atoms with van der Waals surface area (Å²) in [5.41, 5.74) is 1.58. The molecule has 0 aromatic heterocycles. The maximum absolute atomic E-state index is 6.52. The van der Waals surface area contributed by atoms with Crippen molar-refractivity contribution < 1.29 is 4.43 Å². The summed E-state index contributed by atoms with van der Waals surface area (Å²) in [6, 6.07) is 5.47. The molecule has 108 valence electrons. The second-order valence-corrected chi connectivity index (χ2v) is 12.2. The van der Waals surface area contributed by atoms with Crippen molar-refractivity contribution in [1.82, 2.24) is 0 Å². The standard InChI is InChI=1S/C15H24Cl2OSi/c1-10(2)19(11(3)4,12(5)6)18-15-8-7-13(16)9-14(15)17/h7-12H,1-6H3. The molecule has 0 aliphatic rings. The topological polar surface area (TPSA) is 9.23 Å². The first-order valence-corrected chi connectivity index (χ1v) is 9.75. The first kappa shape index (κ1) is 16.9. The van der Waals surface area contributed by atoms with Crippen LogP contribution in [-0.2, 0) is 0 Å². The number of rotatable bonds is 5. The molecule has 0 unspecified atom stereocenters. The average Bonchev–Trinajstić information content (AvgIpc) is 2.26. The van der Waals surface area contributed by atoms with Crippen LogP contribution in [-0.4, -0.2) is 8.32 Å². The molecule has 0 heterocycles. The number of hydrogen-bond donors (Lipinski definition) is 0. The fraction of sp³-hybridized carbons (Fsp3) is 0.600. The summed E-state index contributed by atoms with van der Waals surface area (Å²) in [6.45, 7) is 13.6. The summed E-state index contributed by atoms with van der Waals surface area (Å²) < 4.78 is 6.52. The highest BCUT2D eigenvalue weighted by atomic mass is 35.5. The van der Waals surface area contributed by atoms with Gasteiger partial charge in [0.15, 0.2) is 0 Å². The van der Waals surface area contributed by atoms with Crippen molar-refractivity contribution in [3.8, 4) is 5.75 Å². The van der Waals surface area contributed by atoms with E-state index in [0.717, 1.165) is 5.75 Å². The molecule has 0 atom stereocenters. The first-order chi connectivity index (χ1) is 8.71. The number of benzene rings is 1. The van der Waals surface area contributed by atoms with Gasteiger partial charge in [0.05, 0.1) is 5.02 Å². The van der Waals surface area contributed by atoms with Crippen molar-refractivity contribution in [3.05, 3.63) is 28.2 Å². The lowest BCUT2D eigenvalue weighted by molar-refractivity contribution is 0.480. The lowest BCUT2D eigenvalue weighted by Gasteiger charge is -2.42. The van der Waals surface area contributed by atoms with Crippen molar-refractivity contribution in [2.45, 2.75) is 58.2 Å². The lowest BCUT2D eigenvalue weighted by Crippen LogP contribution is -2.50. The van der Waals surface area contributed by atoms with E-state index in [9.17, 15) is 0 Å². The average molecular weight is 319 g/mol. The Kier molecular flexibility index (Phi) is 5.78. The second-order valence-electron chi connectivity index (χ2n) is 5.99. The van der Waals surface area contributed by atoms with Gasteiger partial charge in [-0.1, -0.05) is 64.7 Å². The molecule has 4 heteroatoms. The van der Waals surface area contributed by atoms with E-state index in [1.165, 1.54) is 0 Å². The van der Waals surface area contributed by atoms with Gasteiger partial charge in [-0.05, 0) is 34.8 Å². The number of halogens is 2. The van der Waals surface area contributed by atoms with Crippen LogP contribution in [0, 0.1) is 0 Å². The molecule has 0 bridgehead atoms. The molecule has 0 radical (unpaired) electrons. The Balaban J connectivity index is 3.21. The first-order valence-electron chi connectivity index (χ1n) is 6.85. The molecule has 1 rings (SSSR count). The van der Waals surface area contributed by atoms with E-state index in [2.05, 4.69) is 41.5 Å². The molecule has 19 heavy (non-hydrogen) atoms. The van der Waals surface area contributed by atoms with E-state index in [1.807, 2.05) is 12.1 Å². The Hall–Kier alpha value is -0.183. The van der Waals surface area contributed by atoms with Crippen LogP contribution in [0.25, 0.3) is 0 Å². The minimum absolute atomic E-state index is 0.527. The molecule has 1 nitrogen and oxygen atoms in total. The summed E-state index contributed by atoms with van der Waals surface area (Å²) in [5.74, 6) is 0.772. The third-order valence-corrected chi connectivity index (χ3v) is 10.4. The van der Waals surface area contributed by atoms with Crippen LogP contribution < -0.4 is 4.43 Å². The normalized spacial score (nSPS) is 12.6. The molecule has 0 fully saturated rings. The highest BCUT2D eigenvalue weighted by Gasteiger charge is 2.47. The molecule has 0 amide bonds. The Bertz CT molecular complexity index is 408. The van der Waals surface area contributed by atoms with Crippen molar-refractivity contribution in [3.63, 3.8) is 0 Å². The van der Waals surface area contributed by atoms with E-state index < -0.39 is 8.32 Å². The van der Waals surface area contributed by atoms with Crippen molar-refractivity contribution in [1.29, 1.82) is 0 Å². The Morgan fingerprint density at radius 2 is 1.37 bits per heavy atom. The van der Waals surface area contributed by atoms with Crippen LogP contribution >= 0.6 is 23.2 Å². The summed E-state index contributed by atoms with van der Waals surface area (Å²) in [7, 11) is -1.94. The molecule has 0 N–H and O–H groups in total. The Morgan fingerprint density at radius 3 is 1.74 bits per heavy atom. The Morgan fingerprint density at radius 1 is 0.895 bits per heavy atom. The zero-order valence-corrected chi connectivity index (χ0v) is 15.1. The van der Waals surface area contributed by atoms with E-state index in [-0.39, 0.29) is 0 Å². The van der Waals surface area contributed by atoms with Crippen LogP contribution in [0.15, 0.2) is 18.2 Å². The van der Waals surface area contributed by atoms with Crippen molar-refractivity contribution in [2.75, 3.05) is 0 Å². The van der Waals surface area contributed by atoms with Gasteiger partial charge in [0.25, 0.3) is 8.32 Å². The Labute approximate surface area is 128 Å². The molecular formula is C15H24Cl2OSi. The molecule has 1 aromatic carbocycles. The number of hydrogen-bond acceptors (Lipinski definition) is 1. The van der Waals surface area contributed by atoms with Gasteiger partial charge >= 0.3 is 0 Å². The largest absolute Gasteiger partial charge is 0.542 e. The highest BCUT2D eigenvalue weighted by molar-refractivity contribution is 6.78. The summed E-state index contributed by atoms with van der Waals surface area (Å²) in [5, 5.41) is 1.24. The van der Waals surface area contributed by atoms with E-state index in [1.54, 1.807) is 6.07 Å². The zero-order chi connectivity index (χ0) is 14.8. The van der Waals surface area contributed by atoms with Crippen LogP contribution in [0.2, 0.25) is 26.7 Å².